The Morgan fingerprint density at radius 3 is 2.50 bits per heavy atom. The number of methoxy groups -OCH3 is 1. The zero-order valence-corrected chi connectivity index (χ0v) is 17.0. The van der Waals surface area contributed by atoms with Gasteiger partial charge in [-0.2, -0.15) is 0 Å². The molecule has 1 atom stereocenters. The predicted octanol–water partition coefficient (Wildman–Crippen LogP) is 3.39. The maximum Gasteiger partial charge on any atom is 0.319 e. The summed E-state index contributed by atoms with van der Waals surface area (Å²) in [4.78, 5) is 25.7. The summed E-state index contributed by atoms with van der Waals surface area (Å²) in [5.74, 6) is 0.621. The number of amides is 3. The first-order valence-electron chi connectivity index (χ1n) is 9.03. The third-order valence-corrected chi connectivity index (χ3v) is 4.36. The number of benzene rings is 2. The SMILES string of the molecule is COc1cccc(C(CNC(=O)Nc2ccc(C)c(NC(C)=O)c2)N(C)C)c1. The fraction of sp³-hybridized carbons (Fsp3) is 0.333. The third-order valence-electron chi connectivity index (χ3n) is 4.36. The number of urea groups is 1. The molecular formula is C21H28N4O3. The van der Waals surface area contributed by atoms with Gasteiger partial charge in [0.2, 0.25) is 5.91 Å². The largest absolute Gasteiger partial charge is 0.497 e. The van der Waals surface area contributed by atoms with Crippen LogP contribution in [-0.4, -0.2) is 44.6 Å². The number of rotatable bonds is 7. The molecule has 0 fully saturated rings. The second-order valence-electron chi connectivity index (χ2n) is 6.80. The molecule has 28 heavy (non-hydrogen) atoms. The van der Waals surface area contributed by atoms with E-state index in [-0.39, 0.29) is 18.0 Å². The highest BCUT2D eigenvalue weighted by Crippen LogP contribution is 2.23. The summed E-state index contributed by atoms with van der Waals surface area (Å²) in [5, 5.41) is 8.47. The molecule has 0 saturated carbocycles. The molecule has 2 aromatic rings. The lowest BCUT2D eigenvalue weighted by molar-refractivity contribution is -0.114. The van der Waals surface area contributed by atoms with Crippen LogP contribution >= 0.6 is 0 Å². The third kappa shape index (κ3) is 5.99. The molecule has 0 aliphatic heterocycles. The highest BCUT2D eigenvalue weighted by atomic mass is 16.5. The van der Waals surface area contributed by atoms with Crippen molar-refractivity contribution in [2.24, 2.45) is 0 Å². The number of carbonyl (C=O) groups excluding carboxylic acids is 2. The highest BCUT2D eigenvalue weighted by Gasteiger charge is 2.16. The van der Waals surface area contributed by atoms with Crippen molar-refractivity contribution in [3.63, 3.8) is 0 Å². The van der Waals surface area contributed by atoms with Gasteiger partial charge in [0.15, 0.2) is 0 Å². The fourth-order valence-corrected chi connectivity index (χ4v) is 2.84. The molecular weight excluding hydrogens is 356 g/mol. The summed E-state index contributed by atoms with van der Waals surface area (Å²) >= 11 is 0. The van der Waals surface area contributed by atoms with Crippen molar-refractivity contribution in [1.82, 2.24) is 10.2 Å². The molecule has 0 heterocycles. The molecule has 0 saturated heterocycles. The van der Waals surface area contributed by atoms with Gasteiger partial charge in [-0.05, 0) is 56.4 Å². The molecule has 2 aromatic carbocycles. The number of aryl methyl sites for hydroxylation is 1. The molecule has 0 bridgehead atoms. The molecule has 3 N–H and O–H groups in total. The second-order valence-corrected chi connectivity index (χ2v) is 6.80. The minimum atomic E-state index is -0.313. The highest BCUT2D eigenvalue weighted by molar-refractivity contribution is 5.93. The average Bonchev–Trinajstić information content (AvgIpc) is 2.64. The van der Waals surface area contributed by atoms with Crippen LogP contribution in [0.1, 0.15) is 24.1 Å². The summed E-state index contributed by atoms with van der Waals surface area (Å²) < 4.78 is 5.29. The number of nitrogens with zero attached hydrogens (tertiary/aromatic N) is 1. The molecule has 0 aliphatic rings. The van der Waals surface area contributed by atoms with Gasteiger partial charge in [-0.25, -0.2) is 4.79 Å². The molecule has 0 aliphatic carbocycles. The van der Waals surface area contributed by atoms with Crippen LogP contribution in [0.5, 0.6) is 5.75 Å². The van der Waals surface area contributed by atoms with Gasteiger partial charge in [0.1, 0.15) is 5.75 Å². The van der Waals surface area contributed by atoms with E-state index in [1.807, 2.05) is 56.3 Å². The van der Waals surface area contributed by atoms with Crippen molar-refractivity contribution in [1.29, 1.82) is 0 Å². The molecule has 150 valence electrons. The number of ether oxygens (including phenoxy) is 1. The van der Waals surface area contributed by atoms with Crippen molar-refractivity contribution in [2.75, 3.05) is 38.4 Å². The van der Waals surface area contributed by atoms with Crippen molar-refractivity contribution >= 4 is 23.3 Å². The summed E-state index contributed by atoms with van der Waals surface area (Å²) in [6, 6.07) is 12.9. The van der Waals surface area contributed by atoms with Gasteiger partial charge < -0.3 is 25.6 Å². The van der Waals surface area contributed by atoms with Crippen LogP contribution in [-0.2, 0) is 4.79 Å². The van der Waals surface area contributed by atoms with Crippen LogP contribution in [0.3, 0.4) is 0 Å². The van der Waals surface area contributed by atoms with Crippen LogP contribution in [0, 0.1) is 6.92 Å². The molecule has 7 nitrogen and oxygen atoms in total. The van der Waals surface area contributed by atoms with Crippen LogP contribution < -0.4 is 20.7 Å². The molecule has 0 radical (unpaired) electrons. The quantitative estimate of drug-likeness (QED) is 0.683. The molecule has 0 spiro atoms. The first-order valence-corrected chi connectivity index (χ1v) is 9.03. The Morgan fingerprint density at radius 2 is 1.86 bits per heavy atom. The Balaban J connectivity index is 2.02. The average molecular weight is 384 g/mol. The second kappa shape index (κ2) is 9.75. The van der Waals surface area contributed by atoms with E-state index in [9.17, 15) is 9.59 Å². The van der Waals surface area contributed by atoms with E-state index in [1.54, 1.807) is 19.2 Å². The number of carbonyl (C=O) groups is 2. The summed E-state index contributed by atoms with van der Waals surface area (Å²) in [7, 11) is 5.55. The van der Waals surface area contributed by atoms with Gasteiger partial charge in [0.05, 0.1) is 13.2 Å². The lowest BCUT2D eigenvalue weighted by Crippen LogP contribution is -2.36. The molecule has 2 rings (SSSR count). The van der Waals surface area contributed by atoms with Crippen LogP contribution in [0.25, 0.3) is 0 Å². The van der Waals surface area contributed by atoms with Crippen LogP contribution in [0.4, 0.5) is 16.2 Å². The van der Waals surface area contributed by atoms with E-state index in [0.717, 1.165) is 16.9 Å². The Kier molecular flexibility index (Phi) is 7.40. The zero-order valence-electron chi connectivity index (χ0n) is 17.0. The van der Waals surface area contributed by atoms with Crippen molar-refractivity contribution < 1.29 is 14.3 Å². The Morgan fingerprint density at radius 1 is 1.11 bits per heavy atom. The monoisotopic (exact) mass is 384 g/mol. The number of nitrogens with one attached hydrogen (secondary N) is 3. The fourth-order valence-electron chi connectivity index (χ4n) is 2.84. The Labute approximate surface area is 166 Å². The summed E-state index contributed by atoms with van der Waals surface area (Å²) in [5.41, 5.74) is 3.25. The van der Waals surface area contributed by atoms with Crippen LogP contribution in [0.15, 0.2) is 42.5 Å². The van der Waals surface area contributed by atoms with Gasteiger partial charge in [0.25, 0.3) is 0 Å². The van der Waals surface area contributed by atoms with Gasteiger partial charge in [-0.15, -0.1) is 0 Å². The van der Waals surface area contributed by atoms with Gasteiger partial charge >= 0.3 is 6.03 Å². The molecule has 0 aromatic heterocycles. The van der Waals surface area contributed by atoms with Crippen molar-refractivity contribution in [2.45, 2.75) is 19.9 Å². The van der Waals surface area contributed by atoms with Gasteiger partial charge in [-0.1, -0.05) is 18.2 Å². The number of likely N-dealkylation sites (N-methyl/N-ethyl adjacent to an activating group) is 1. The smallest absolute Gasteiger partial charge is 0.319 e. The predicted molar refractivity (Wildman–Crippen MR) is 112 cm³/mol. The zero-order chi connectivity index (χ0) is 20.7. The van der Waals surface area contributed by atoms with E-state index in [4.69, 9.17) is 4.74 Å². The van der Waals surface area contributed by atoms with E-state index >= 15 is 0 Å². The maximum absolute atomic E-state index is 12.4. The standard InChI is InChI=1S/C21H28N4O3/c1-14-9-10-17(12-19(14)23-15(2)26)24-21(27)22-13-20(25(3)4)16-7-6-8-18(11-16)28-5/h6-12,20H,13H2,1-5H3,(H,23,26)(H2,22,24,27). The Bertz CT molecular complexity index is 836. The summed E-state index contributed by atoms with van der Waals surface area (Å²) in [6.07, 6.45) is 0. The van der Waals surface area contributed by atoms with Gasteiger partial charge in [-0.3, -0.25) is 4.79 Å². The van der Waals surface area contributed by atoms with E-state index in [0.29, 0.717) is 17.9 Å². The van der Waals surface area contributed by atoms with Crippen molar-refractivity contribution in [3.05, 3.63) is 53.6 Å². The number of anilines is 2. The lowest BCUT2D eigenvalue weighted by Gasteiger charge is -2.25. The summed E-state index contributed by atoms with van der Waals surface area (Å²) in [6.45, 7) is 3.77. The van der Waals surface area contributed by atoms with E-state index in [2.05, 4.69) is 16.0 Å². The minimum Gasteiger partial charge on any atom is -0.497 e. The van der Waals surface area contributed by atoms with E-state index < -0.39 is 0 Å². The molecule has 1 unspecified atom stereocenters. The van der Waals surface area contributed by atoms with Crippen molar-refractivity contribution in [3.8, 4) is 5.75 Å². The molecule has 3 amide bonds. The normalized spacial score (nSPS) is 11.6. The topological polar surface area (TPSA) is 82.7 Å². The molecule has 7 heteroatoms. The van der Waals surface area contributed by atoms with Crippen LogP contribution in [0.2, 0.25) is 0 Å². The maximum atomic E-state index is 12.4. The first kappa shape index (κ1) is 21.2. The van der Waals surface area contributed by atoms with Gasteiger partial charge in [0, 0.05) is 24.8 Å². The minimum absolute atomic E-state index is 0.00573. The van der Waals surface area contributed by atoms with E-state index in [1.165, 1.54) is 6.92 Å². The number of hydrogen-bond donors (Lipinski definition) is 3. The first-order chi connectivity index (χ1) is 13.3. The Hall–Kier alpha value is -3.06. The lowest BCUT2D eigenvalue weighted by atomic mass is 10.1. The number of hydrogen-bond acceptors (Lipinski definition) is 4.